The van der Waals surface area contributed by atoms with E-state index in [1.165, 1.54) is 83.1 Å². The van der Waals surface area contributed by atoms with E-state index in [4.69, 9.17) is 0 Å². The molecule has 300 valence electrons. The minimum absolute atomic E-state index is 0.353. The molecular weight excluding hydrogens is 747 g/mol. The van der Waals surface area contributed by atoms with E-state index in [0.29, 0.717) is 18.0 Å². The average Bonchev–Trinajstić information content (AvgIpc) is 3.41. The zero-order valence-electron chi connectivity index (χ0n) is 36.4. The average molecular weight is 824 g/mol. The van der Waals surface area contributed by atoms with Crippen molar-refractivity contribution < 1.29 is 22.7 Å². The maximum absolute atomic E-state index is 12.2. The number of allylic oxidation sites excluding steroid dienone is 2. The van der Waals surface area contributed by atoms with Crippen LogP contribution in [0.5, 0.6) is 0 Å². The van der Waals surface area contributed by atoms with Crippen LogP contribution in [0, 0.1) is 20.6 Å². The van der Waals surface area contributed by atoms with Crippen LogP contribution in [0.25, 0.3) is 16.9 Å². The molecule has 1 aliphatic heterocycles. The van der Waals surface area contributed by atoms with Crippen molar-refractivity contribution in [1.29, 1.82) is 0 Å². The molecule has 2 aromatic carbocycles. The molecule has 54 heavy (non-hydrogen) atoms. The van der Waals surface area contributed by atoms with Gasteiger partial charge in [0.2, 0.25) is 11.4 Å². The summed E-state index contributed by atoms with van der Waals surface area (Å²) in [6, 6.07) is 9.71. The van der Waals surface area contributed by atoms with E-state index in [9.17, 15) is 5.53 Å². The zero-order valence-corrected chi connectivity index (χ0v) is 37.9. The maximum atomic E-state index is 12.2. The van der Waals surface area contributed by atoms with Gasteiger partial charge in [0.1, 0.15) is 0 Å². The Bertz CT molecular complexity index is 1570. The zero-order chi connectivity index (χ0) is 39.7. The Kier molecular flexibility index (Phi) is 24.4. The van der Waals surface area contributed by atoms with E-state index in [2.05, 4.69) is 114 Å². The van der Waals surface area contributed by atoms with Crippen LogP contribution in [-0.2, 0) is 56.5 Å². The summed E-state index contributed by atoms with van der Waals surface area (Å²) in [6.07, 6.45) is 23.9. The summed E-state index contributed by atoms with van der Waals surface area (Å²) >= 11 is 0.353. The fraction of sp³-hybridized carbons (Fsp3) is 0.608. The normalized spacial score (nSPS) is 12.4. The van der Waals surface area contributed by atoms with Gasteiger partial charge < -0.3 is 5.53 Å². The molecule has 1 heterocycles. The number of rotatable bonds is 21. The van der Waals surface area contributed by atoms with Crippen LogP contribution in [0.3, 0.4) is 0 Å². The quantitative estimate of drug-likeness (QED) is 0.0519. The Hall–Kier alpha value is -2.70. The van der Waals surface area contributed by atoms with E-state index in [1.807, 2.05) is 0 Å². The molecule has 0 N–H and O–H groups in total. The molecule has 0 atom stereocenters. The second kappa shape index (κ2) is 27.8. The van der Waals surface area contributed by atoms with Crippen molar-refractivity contribution in [3.63, 3.8) is 0 Å². The van der Waals surface area contributed by atoms with Crippen molar-refractivity contribution in [2.24, 2.45) is 0 Å². The first-order valence-corrected chi connectivity index (χ1v) is 23.6. The second-order valence-electron chi connectivity index (χ2n) is 15.1. The molecule has 0 unspecified atom stereocenters. The fourth-order valence-corrected chi connectivity index (χ4v) is 8.53. The molecular formula is C51H76N2Pd. The molecule has 0 spiro atoms. The van der Waals surface area contributed by atoms with Gasteiger partial charge >= 0.3 is 78.1 Å². The first-order valence-electron chi connectivity index (χ1n) is 22.1. The van der Waals surface area contributed by atoms with E-state index in [0.717, 1.165) is 108 Å². The summed E-state index contributed by atoms with van der Waals surface area (Å²) in [7, 11) is 0. The largest absolute Gasteiger partial charge is 0.493 e. The van der Waals surface area contributed by atoms with E-state index < -0.39 is 0 Å². The van der Waals surface area contributed by atoms with Gasteiger partial charge in [-0.3, -0.25) is 0 Å². The second-order valence-corrected chi connectivity index (χ2v) is 16.2. The van der Waals surface area contributed by atoms with Gasteiger partial charge in [-0.1, -0.05) is 106 Å². The predicted octanol–water partition coefficient (Wildman–Crippen LogP) is 15.2. The van der Waals surface area contributed by atoms with Crippen molar-refractivity contribution in [3.8, 4) is 20.6 Å². The molecule has 0 amide bonds. The smallest absolute Gasteiger partial charge is 0.211 e. The van der Waals surface area contributed by atoms with Gasteiger partial charge in [-0.2, -0.15) is 0 Å². The third kappa shape index (κ3) is 14.4. The van der Waals surface area contributed by atoms with Gasteiger partial charge in [0, 0.05) is 22.3 Å². The summed E-state index contributed by atoms with van der Waals surface area (Å²) in [5.74, 6) is 6.16. The number of nitrogens with zero attached hydrogens (tertiary/aromatic N) is 2. The molecule has 0 saturated heterocycles. The summed E-state index contributed by atoms with van der Waals surface area (Å²) in [5.41, 5.74) is 28.3. The van der Waals surface area contributed by atoms with Gasteiger partial charge in [0.15, 0.2) is 0 Å². The third-order valence-electron chi connectivity index (χ3n) is 10.2. The van der Waals surface area contributed by atoms with E-state index in [-0.39, 0.29) is 0 Å². The van der Waals surface area contributed by atoms with Crippen molar-refractivity contribution in [1.82, 2.24) is 0 Å². The maximum Gasteiger partial charge on any atom is 0.211 e. The van der Waals surface area contributed by atoms with Crippen LogP contribution in [-0.4, -0.2) is 4.70 Å². The summed E-state index contributed by atoms with van der Waals surface area (Å²) in [6.45, 7) is 22.6. The van der Waals surface area contributed by atoms with Crippen LogP contribution in [0.15, 0.2) is 35.4 Å². The Morgan fingerprint density at radius 1 is 0.481 bits per heavy atom. The third-order valence-corrected chi connectivity index (χ3v) is 11.2. The molecule has 0 saturated carbocycles. The fourth-order valence-electron chi connectivity index (χ4n) is 7.77. The number of unbranched alkanes of at least 4 members (excludes halogenated alkanes) is 5. The van der Waals surface area contributed by atoms with Crippen LogP contribution >= 0.6 is 0 Å². The first-order chi connectivity index (χ1) is 26.3. The van der Waals surface area contributed by atoms with Crippen LogP contribution < -0.4 is 0 Å². The van der Waals surface area contributed by atoms with Crippen molar-refractivity contribution in [2.75, 3.05) is 0 Å². The Morgan fingerprint density at radius 3 is 1.26 bits per heavy atom. The number of hydrogen-bond donors (Lipinski definition) is 0. The molecule has 2 aromatic rings. The molecule has 1 aliphatic rings. The summed E-state index contributed by atoms with van der Waals surface area (Å²) < 4.78 is 7.75. The standard InChI is InChI=1S/C41H62N2.2C5H7.Pd/c1-9-16-17-18-25-37-30(8)40(35-26-31(19-10-2)38(23-14-6)32(27-35)20-11-3)43(42)41(37)36-28-33(21-12-4)39(24-15-7)34(29-36)22-13-5;2*1-3-5-4-2;/h26-29H,9-25H2,1-8H3;2*3,5H2,1H3;. The van der Waals surface area contributed by atoms with E-state index in [1.54, 1.807) is 15.8 Å². The summed E-state index contributed by atoms with van der Waals surface area (Å²) in [5, 5.41) is 0. The van der Waals surface area contributed by atoms with Crippen molar-refractivity contribution in [3.05, 3.63) is 85.5 Å². The van der Waals surface area contributed by atoms with Gasteiger partial charge in [-0.25, -0.2) is 4.70 Å². The number of aryl methyl sites for hydroxylation is 4. The molecule has 0 radical (unpaired) electrons. The minimum atomic E-state index is 0.353. The molecule has 0 fully saturated rings. The Labute approximate surface area is 342 Å². The number of benzene rings is 2. The van der Waals surface area contributed by atoms with Gasteiger partial charge in [0.25, 0.3) is 0 Å². The first kappa shape index (κ1) is 47.5. The van der Waals surface area contributed by atoms with Crippen LogP contribution in [0.1, 0.15) is 210 Å². The Morgan fingerprint density at radius 2 is 0.889 bits per heavy atom. The molecule has 2 nitrogen and oxygen atoms in total. The van der Waals surface area contributed by atoms with Gasteiger partial charge in [0.05, 0.1) is 0 Å². The van der Waals surface area contributed by atoms with E-state index >= 15 is 0 Å². The van der Waals surface area contributed by atoms with Crippen molar-refractivity contribution in [2.45, 2.75) is 204 Å². The Balaban J connectivity index is 0.000000793. The van der Waals surface area contributed by atoms with Gasteiger partial charge in [-0.15, -0.1) is 0 Å². The SMILES string of the molecule is CCCC#[C][Pd][C]#CCCC.CCCCCCC1=C(c2cc(CCC)c(CCC)c(CCC)c2)[N+](=[N-])C(c2cc(CCC)c(CCC)c(CCC)c2)=C1C. The molecule has 3 rings (SSSR count). The molecule has 3 heteroatoms. The monoisotopic (exact) mass is 823 g/mol. The molecule has 0 aromatic heterocycles. The molecule has 0 bridgehead atoms. The predicted molar refractivity (Wildman–Crippen MR) is 234 cm³/mol. The van der Waals surface area contributed by atoms with Crippen LogP contribution in [0.2, 0.25) is 0 Å². The van der Waals surface area contributed by atoms with Gasteiger partial charge in [-0.05, 0) is 116 Å². The molecule has 0 aliphatic carbocycles. The topological polar surface area (TPSA) is 25.3 Å². The van der Waals surface area contributed by atoms with Crippen LogP contribution in [0.4, 0.5) is 0 Å². The van der Waals surface area contributed by atoms with Crippen molar-refractivity contribution >= 4 is 11.4 Å². The minimum Gasteiger partial charge on any atom is -0.493 e. The number of hydrogen-bond acceptors (Lipinski definition) is 0. The summed E-state index contributed by atoms with van der Waals surface area (Å²) in [4.78, 5) is 0.